The molecule has 23 heavy (non-hydrogen) atoms. The van der Waals surface area contributed by atoms with E-state index in [1.807, 2.05) is 24.3 Å². The van der Waals surface area contributed by atoms with Gasteiger partial charge in [-0.3, -0.25) is 0 Å². The normalized spacial score (nSPS) is 21.9. The fourth-order valence-electron chi connectivity index (χ4n) is 2.81. The number of sulfonamides is 1. The molecule has 2 atom stereocenters. The number of nitrogens with one attached hydrogen (secondary N) is 1. The van der Waals surface area contributed by atoms with Crippen molar-refractivity contribution in [2.75, 3.05) is 0 Å². The van der Waals surface area contributed by atoms with Gasteiger partial charge in [0, 0.05) is 17.5 Å². The lowest BCUT2D eigenvalue weighted by Gasteiger charge is -2.31. The Labute approximate surface area is 141 Å². The highest BCUT2D eigenvalue weighted by Gasteiger charge is 2.30. The Morgan fingerprint density at radius 3 is 2.48 bits per heavy atom. The maximum absolute atomic E-state index is 12.6. The number of pyridine rings is 1. The van der Waals surface area contributed by atoms with Crippen LogP contribution in [0, 0.1) is 0 Å². The van der Waals surface area contributed by atoms with Crippen LogP contribution in [-0.4, -0.2) is 24.7 Å². The van der Waals surface area contributed by atoms with Crippen molar-refractivity contribution in [2.24, 2.45) is 0 Å². The van der Waals surface area contributed by atoms with Gasteiger partial charge in [-0.05, 0) is 37.1 Å². The number of thioether (sulfide) groups is 1. The molecule has 1 heterocycles. The van der Waals surface area contributed by atoms with Crippen molar-refractivity contribution < 1.29 is 8.42 Å². The summed E-state index contributed by atoms with van der Waals surface area (Å²) in [4.78, 5) is 4.67. The van der Waals surface area contributed by atoms with E-state index in [1.54, 1.807) is 42.2 Å². The van der Waals surface area contributed by atoms with Crippen LogP contribution in [0.1, 0.15) is 25.7 Å². The minimum atomic E-state index is -3.47. The molecule has 1 aromatic carbocycles. The van der Waals surface area contributed by atoms with Gasteiger partial charge >= 0.3 is 0 Å². The summed E-state index contributed by atoms with van der Waals surface area (Å²) in [5.74, 6) is 0. The highest BCUT2D eigenvalue weighted by atomic mass is 32.2. The molecule has 1 fully saturated rings. The Morgan fingerprint density at radius 1 is 1.00 bits per heavy atom. The highest BCUT2D eigenvalue weighted by molar-refractivity contribution is 8.00. The van der Waals surface area contributed by atoms with E-state index in [9.17, 15) is 8.42 Å². The molecule has 1 saturated carbocycles. The number of hydrogen-bond acceptors (Lipinski definition) is 4. The van der Waals surface area contributed by atoms with Crippen molar-refractivity contribution in [1.82, 2.24) is 9.71 Å². The van der Waals surface area contributed by atoms with E-state index >= 15 is 0 Å². The lowest BCUT2D eigenvalue weighted by molar-refractivity contribution is 0.422. The lowest BCUT2D eigenvalue weighted by atomic mass is 9.96. The molecule has 1 aliphatic carbocycles. The van der Waals surface area contributed by atoms with Crippen LogP contribution in [-0.2, 0) is 10.0 Å². The molecule has 1 aliphatic rings. The fraction of sp³-hybridized carbons (Fsp3) is 0.353. The maximum atomic E-state index is 12.6. The summed E-state index contributed by atoms with van der Waals surface area (Å²) in [6.07, 6.45) is 5.84. The molecule has 0 spiro atoms. The molecule has 2 aromatic rings. The van der Waals surface area contributed by atoms with Gasteiger partial charge in [0.15, 0.2) is 0 Å². The largest absolute Gasteiger partial charge is 0.250 e. The first-order valence-corrected chi connectivity index (χ1v) is 10.2. The number of hydrogen-bond donors (Lipinski definition) is 1. The van der Waals surface area contributed by atoms with Gasteiger partial charge in [0.05, 0.1) is 9.92 Å². The molecule has 0 amide bonds. The van der Waals surface area contributed by atoms with Crippen LogP contribution < -0.4 is 4.72 Å². The average Bonchev–Trinajstić information content (AvgIpc) is 2.58. The molecule has 0 radical (unpaired) electrons. The Morgan fingerprint density at radius 2 is 1.74 bits per heavy atom. The second-order valence-electron chi connectivity index (χ2n) is 5.65. The molecule has 0 saturated heterocycles. The SMILES string of the molecule is O=S(=O)(NC1CCCCC1Sc1ccccn1)c1ccccc1. The van der Waals surface area contributed by atoms with Gasteiger partial charge in [-0.15, -0.1) is 11.8 Å². The van der Waals surface area contributed by atoms with Crippen molar-refractivity contribution in [3.05, 3.63) is 54.7 Å². The van der Waals surface area contributed by atoms with Crippen LogP contribution in [0.3, 0.4) is 0 Å². The van der Waals surface area contributed by atoms with Crippen LogP contribution in [0.25, 0.3) is 0 Å². The Kier molecular flexibility index (Phi) is 5.35. The molecule has 3 rings (SSSR count). The molecule has 0 aliphatic heterocycles. The summed E-state index contributed by atoms with van der Waals surface area (Å²) in [7, 11) is -3.47. The predicted octanol–water partition coefficient (Wildman–Crippen LogP) is 3.46. The number of nitrogens with zero attached hydrogens (tertiary/aromatic N) is 1. The van der Waals surface area contributed by atoms with Crippen molar-refractivity contribution >= 4 is 21.8 Å². The van der Waals surface area contributed by atoms with E-state index in [4.69, 9.17) is 0 Å². The Bertz CT molecular complexity index is 721. The van der Waals surface area contributed by atoms with Gasteiger partial charge in [-0.1, -0.05) is 37.1 Å². The van der Waals surface area contributed by atoms with Crippen LogP contribution in [0.2, 0.25) is 0 Å². The van der Waals surface area contributed by atoms with E-state index < -0.39 is 10.0 Å². The first kappa shape index (κ1) is 16.5. The number of benzene rings is 1. The Balaban J connectivity index is 1.74. The van der Waals surface area contributed by atoms with Gasteiger partial charge < -0.3 is 0 Å². The molecule has 1 aromatic heterocycles. The molecular weight excluding hydrogens is 328 g/mol. The first-order chi connectivity index (χ1) is 11.1. The van der Waals surface area contributed by atoms with E-state index in [0.29, 0.717) is 4.90 Å². The van der Waals surface area contributed by atoms with E-state index in [0.717, 1.165) is 30.7 Å². The van der Waals surface area contributed by atoms with Gasteiger partial charge in [0.2, 0.25) is 10.0 Å². The van der Waals surface area contributed by atoms with Crippen LogP contribution in [0.15, 0.2) is 64.6 Å². The number of rotatable bonds is 5. The van der Waals surface area contributed by atoms with Crippen molar-refractivity contribution in [2.45, 2.75) is 46.9 Å². The second-order valence-corrected chi connectivity index (χ2v) is 8.62. The topological polar surface area (TPSA) is 59.1 Å². The van der Waals surface area contributed by atoms with Gasteiger partial charge in [0.25, 0.3) is 0 Å². The van der Waals surface area contributed by atoms with Crippen LogP contribution >= 0.6 is 11.8 Å². The third-order valence-electron chi connectivity index (χ3n) is 3.97. The third-order valence-corrected chi connectivity index (χ3v) is 6.83. The molecule has 4 nitrogen and oxygen atoms in total. The number of aromatic nitrogens is 1. The minimum absolute atomic E-state index is 0.0547. The fourth-order valence-corrected chi connectivity index (χ4v) is 5.47. The summed E-state index contributed by atoms with van der Waals surface area (Å²) < 4.78 is 28.0. The summed E-state index contributed by atoms with van der Waals surface area (Å²) >= 11 is 1.67. The molecule has 2 unspecified atom stereocenters. The zero-order chi connectivity index (χ0) is 16.1. The van der Waals surface area contributed by atoms with Gasteiger partial charge in [-0.25, -0.2) is 18.1 Å². The summed E-state index contributed by atoms with van der Waals surface area (Å²) in [6.45, 7) is 0. The van der Waals surface area contributed by atoms with Crippen LogP contribution in [0.5, 0.6) is 0 Å². The minimum Gasteiger partial charge on any atom is -0.250 e. The second kappa shape index (κ2) is 7.47. The average molecular weight is 348 g/mol. The zero-order valence-corrected chi connectivity index (χ0v) is 14.4. The maximum Gasteiger partial charge on any atom is 0.240 e. The quantitative estimate of drug-likeness (QED) is 0.899. The summed E-state index contributed by atoms with van der Waals surface area (Å²) in [5, 5.41) is 1.17. The Hall–Kier alpha value is -1.37. The zero-order valence-electron chi connectivity index (χ0n) is 12.8. The third kappa shape index (κ3) is 4.34. The summed E-state index contributed by atoms with van der Waals surface area (Å²) in [6, 6.07) is 14.3. The van der Waals surface area contributed by atoms with E-state index in [1.165, 1.54) is 0 Å². The van der Waals surface area contributed by atoms with Gasteiger partial charge in [-0.2, -0.15) is 0 Å². The molecule has 0 bridgehead atoms. The standard InChI is InChI=1S/C17H20N2O2S2/c20-23(21,14-8-2-1-3-9-14)19-15-10-4-5-11-16(15)22-17-12-6-7-13-18-17/h1-3,6-9,12-13,15-16,19H,4-5,10-11H2. The molecular formula is C17H20N2O2S2. The van der Waals surface area contributed by atoms with Crippen LogP contribution in [0.4, 0.5) is 0 Å². The molecule has 122 valence electrons. The highest BCUT2D eigenvalue weighted by Crippen LogP contribution is 2.33. The monoisotopic (exact) mass is 348 g/mol. The molecule has 6 heteroatoms. The first-order valence-electron chi connectivity index (χ1n) is 7.80. The smallest absolute Gasteiger partial charge is 0.240 e. The van der Waals surface area contributed by atoms with Crippen molar-refractivity contribution in [3.8, 4) is 0 Å². The predicted molar refractivity (Wildman–Crippen MR) is 92.9 cm³/mol. The van der Waals surface area contributed by atoms with Crippen molar-refractivity contribution in [3.63, 3.8) is 0 Å². The summed E-state index contributed by atoms with van der Waals surface area (Å²) in [5.41, 5.74) is 0. The molecule has 1 N–H and O–H groups in total. The van der Waals surface area contributed by atoms with E-state index in [-0.39, 0.29) is 11.3 Å². The van der Waals surface area contributed by atoms with Gasteiger partial charge in [0.1, 0.15) is 0 Å². The lowest BCUT2D eigenvalue weighted by Crippen LogP contribution is -2.43. The van der Waals surface area contributed by atoms with Crippen molar-refractivity contribution in [1.29, 1.82) is 0 Å². The van der Waals surface area contributed by atoms with E-state index in [2.05, 4.69) is 9.71 Å².